The van der Waals surface area contributed by atoms with E-state index in [4.69, 9.17) is 39.9 Å². The lowest BCUT2D eigenvalue weighted by atomic mass is 10.0. The van der Waals surface area contributed by atoms with Crippen LogP contribution in [0, 0.1) is 0 Å². The van der Waals surface area contributed by atoms with Gasteiger partial charge in [-0.1, -0.05) is 34.8 Å². The highest BCUT2D eigenvalue weighted by Crippen LogP contribution is 2.48. The van der Waals surface area contributed by atoms with E-state index in [1.807, 2.05) is 0 Å². The van der Waals surface area contributed by atoms with Crippen molar-refractivity contribution in [3.8, 4) is 0 Å². The molecule has 13 heavy (non-hydrogen) atoms. The Hall–Kier alpha value is -0.000000000000000167. The molecule has 0 amide bonds. The van der Waals surface area contributed by atoms with Crippen molar-refractivity contribution >= 4 is 40.8 Å². The normalized spacial score (nSPS) is 39.8. The quantitative estimate of drug-likeness (QED) is 0.600. The summed E-state index contributed by atoms with van der Waals surface area (Å²) in [4.78, 5) is 10.6. The van der Waals surface area contributed by atoms with Crippen LogP contribution in [0.3, 0.4) is 0 Å². The molecule has 0 aromatic carbocycles. The number of carboxylic acids is 1. The Morgan fingerprint density at radius 3 is 1.92 bits per heavy atom. The average Bonchev–Trinajstić information content (AvgIpc) is 2.13. The van der Waals surface area contributed by atoms with Crippen molar-refractivity contribution in [2.45, 2.75) is 17.1 Å². The van der Waals surface area contributed by atoms with Crippen molar-refractivity contribution in [2.24, 2.45) is 0 Å². The van der Waals surface area contributed by atoms with Crippen LogP contribution >= 0.6 is 34.8 Å². The third kappa shape index (κ3) is 1.53. The molecule has 0 saturated heterocycles. The van der Waals surface area contributed by atoms with Gasteiger partial charge in [0.1, 0.15) is 0 Å². The maximum absolute atomic E-state index is 10.6. The van der Waals surface area contributed by atoms with Crippen LogP contribution in [0.1, 0.15) is 6.42 Å². The van der Waals surface area contributed by atoms with Crippen molar-refractivity contribution in [3.05, 3.63) is 10.1 Å². The van der Waals surface area contributed by atoms with Crippen LogP contribution in [0.25, 0.3) is 0 Å². The SMILES string of the molecule is O=C(O)C1(O)CC(O)(Cl)C(Cl)=C1Cl. The molecule has 0 aliphatic heterocycles. The van der Waals surface area contributed by atoms with Crippen LogP contribution in [-0.4, -0.2) is 32.0 Å². The maximum atomic E-state index is 10.6. The molecule has 3 N–H and O–H groups in total. The zero-order valence-electron chi connectivity index (χ0n) is 6.09. The summed E-state index contributed by atoms with van der Waals surface area (Å²) in [6, 6.07) is 0. The molecule has 1 rings (SSSR count). The van der Waals surface area contributed by atoms with Gasteiger partial charge in [0.25, 0.3) is 0 Å². The summed E-state index contributed by atoms with van der Waals surface area (Å²) in [7, 11) is 0. The number of halogens is 3. The molecule has 74 valence electrons. The number of alkyl halides is 1. The second-order valence-corrected chi connectivity index (χ2v) is 4.11. The van der Waals surface area contributed by atoms with E-state index < -0.39 is 33.1 Å². The first kappa shape index (κ1) is 11.1. The standard InChI is InChI=1S/C6H5Cl3O4/c7-2-3(8)6(9,13)1-5(2,12)4(10)11/h12-13H,1H2,(H,10,11). The minimum atomic E-state index is -2.39. The first-order valence-electron chi connectivity index (χ1n) is 3.15. The van der Waals surface area contributed by atoms with Gasteiger partial charge in [0.15, 0.2) is 5.06 Å². The lowest BCUT2D eigenvalue weighted by Crippen LogP contribution is -2.39. The monoisotopic (exact) mass is 246 g/mol. The van der Waals surface area contributed by atoms with E-state index in [-0.39, 0.29) is 0 Å². The summed E-state index contributed by atoms with van der Waals surface area (Å²) in [5.41, 5.74) is -2.39. The minimum Gasteiger partial charge on any atom is -0.479 e. The maximum Gasteiger partial charge on any atom is 0.341 e. The highest BCUT2D eigenvalue weighted by molar-refractivity contribution is 6.46. The molecule has 1 aliphatic carbocycles. The molecule has 0 spiro atoms. The lowest BCUT2D eigenvalue weighted by molar-refractivity contribution is -0.155. The highest BCUT2D eigenvalue weighted by atomic mass is 35.5. The number of hydrogen-bond donors (Lipinski definition) is 3. The van der Waals surface area contributed by atoms with E-state index >= 15 is 0 Å². The number of rotatable bonds is 1. The number of aliphatic hydroxyl groups is 2. The molecular weight excluding hydrogens is 242 g/mol. The molecule has 0 radical (unpaired) electrons. The number of carboxylic acid groups (broad SMARTS) is 1. The molecular formula is C6H5Cl3O4. The summed E-state index contributed by atoms with van der Waals surface area (Å²) in [5, 5.41) is 24.2. The van der Waals surface area contributed by atoms with Gasteiger partial charge in [-0.25, -0.2) is 4.79 Å². The average molecular weight is 247 g/mol. The van der Waals surface area contributed by atoms with Gasteiger partial charge in [-0.2, -0.15) is 0 Å². The van der Waals surface area contributed by atoms with Crippen LogP contribution in [0.2, 0.25) is 0 Å². The van der Waals surface area contributed by atoms with E-state index in [2.05, 4.69) is 0 Å². The Morgan fingerprint density at radius 2 is 1.77 bits per heavy atom. The van der Waals surface area contributed by atoms with Crippen molar-refractivity contribution in [3.63, 3.8) is 0 Å². The third-order valence-electron chi connectivity index (χ3n) is 1.74. The molecule has 2 unspecified atom stereocenters. The van der Waals surface area contributed by atoms with Gasteiger partial charge < -0.3 is 15.3 Å². The number of aliphatic carboxylic acids is 1. The fourth-order valence-electron chi connectivity index (χ4n) is 1.01. The minimum absolute atomic E-state index is 0.458. The van der Waals surface area contributed by atoms with Gasteiger partial charge in [-0.05, 0) is 0 Å². The van der Waals surface area contributed by atoms with Gasteiger partial charge in [-0.3, -0.25) is 0 Å². The molecule has 7 heteroatoms. The van der Waals surface area contributed by atoms with E-state index in [1.165, 1.54) is 0 Å². The van der Waals surface area contributed by atoms with E-state index in [0.717, 1.165) is 0 Å². The summed E-state index contributed by atoms with van der Waals surface area (Å²) in [5.74, 6) is -1.60. The Balaban J connectivity index is 3.20. The zero-order valence-corrected chi connectivity index (χ0v) is 8.36. The van der Waals surface area contributed by atoms with Gasteiger partial charge >= 0.3 is 5.97 Å². The second kappa shape index (κ2) is 3.00. The smallest absolute Gasteiger partial charge is 0.341 e. The van der Waals surface area contributed by atoms with Crippen LogP contribution < -0.4 is 0 Å². The van der Waals surface area contributed by atoms with Crippen LogP contribution in [0.15, 0.2) is 10.1 Å². The molecule has 0 bridgehead atoms. The Morgan fingerprint density at radius 1 is 1.31 bits per heavy atom. The topological polar surface area (TPSA) is 77.8 Å². The number of hydrogen-bond acceptors (Lipinski definition) is 3. The van der Waals surface area contributed by atoms with Gasteiger partial charge in [0.05, 0.1) is 10.1 Å². The summed E-state index contributed by atoms with van der Waals surface area (Å²) < 4.78 is 0. The molecule has 0 aromatic rings. The van der Waals surface area contributed by atoms with E-state index in [1.54, 1.807) is 0 Å². The molecule has 0 fully saturated rings. The predicted molar refractivity (Wildman–Crippen MR) is 46.7 cm³/mol. The van der Waals surface area contributed by atoms with E-state index in [9.17, 15) is 15.0 Å². The molecule has 4 nitrogen and oxygen atoms in total. The Bertz CT molecular complexity index is 298. The molecule has 1 aliphatic rings. The van der Waals surface area contributed by atoms with Crippen molar-refractivity contribution in [1.82, 2.24) is 0 Å². The fourth-order valence-corrected chi connectivity index (χ4v) is 1.88. The Labute approximate surface area is 88.3 Å². The van der Waals surface area contributed by atoms with Crippen LogP contribution in [0.5, 0.6) is 0 Å². The highest BCUT2D eigenvalue weighted by Gasteiger charge is 2.56. The molecule has 2 atom stereocenters. The fraction of sp³-hybridized carbons (Fsp3) is 0.500. The first-order chi connectivity index (χ1) is 5.72. The third-order valence-corrected chi connectivity index (χ3v) is 3.26. The van der Waals surface area contributed by atoms with Crippen molar-refractivity contribution in [2.75, 3.05) is 0 Å². The second-order valence-electron chi connectivity index (χ2n) is 2.73. The van der Waals surface area contributed by atoms with Gasteiger partial charge in [0, 0.05) is 6.42 Å². The zero-order chi connectivity index (χ0) is 10.4. The van der Waals surface area contributed by atoms with Gasteiger partial charge in [0.2, 0.25) is 5.60 Å². The summed E-state index contributed by atoms with van der Waals surface area (Å²) >= 11 is 16.2. The summed E-state index contributed by atoms with van der Waals surface area (Å²) in [6.45, 7) is 0. The van der Waals surface area contributed by atoms with Crippen molar-refractivity contribution in [1.29, 1.82) is 0 Å². The molecule has 0 saturated carbocycles. The van der Waals surface area contributed by atoms with Crippen LogP contribution in [-0.2, 0) is 4.79 Å². The first-order valence-corrected chi connectivity index (χ1v) is 4.28. The number of carbonyl (C=O) groups is 1. The van der Waals surface area contributed by atoms with E-state index in [0.29, 0.717) is 0 Å². The lowest BCUT2D eigenvalue weighted by Gasteiger charge is -2.19. The molecule has 0 heterocycles. The summed E-state index contributed by atoms with van der Waals surface area (Å²) in [6.07, 6.45) is -0.672. The van der Waals surface area contributed by atoms with Crippen molar-refractivity contribution < 1.29 is 20.1 Å². The molecule has 0 aromatic heterocycles. The van der Waals surface area contributed by atoms with Gasteiger partial charge in [-0.15, -0.1) is 0 Å². The predicted octanol–water partition coefficient (Wildman–Crippen LogP) is 0.822. The largest absolute Gasteiger partial charge is 0.479 e. The van der Waals surface area contributed by atoms with Crippen LogP contribution in [0.4, 0.5) is 0 Å². The Kier molecular flexibility index (Phi) is 2.56.